The van der Waals surface area contributed by atoms with E-state index in [1.54, 1.807) is 36.5 Å². The minimum atomic E-state index is -0.577. The molecule has 9 heteroatoms. The molecule has 0 spiro atoms. The van der Waals surface area contributed by atoms with Crippen LogP contribution in [-0.4, -0.2) is 10.9 Å². The van der Waals surface area contributed by atoms with Crippen LogP contribution >= 0.6 is 46.1 Å². The number of anilines is 1. The summed E-state index contributed by atoms with van der Waals surface area (Å²) in [4.78, 5) is 17.8. The first-order valence-electron chi connectivity index (χ1n) is 9.59. The predicted octanol–water partition coefficient (Wildman–Crippen LogP) is 7.50. The van der Waals surface area contributed by atoms with Crippen molar-refractivity contribution in [3.05, 3.63) is 97.6 Å². The summed E-state index contributed by atoms with van der Waals surface area (Å²) >= 11 is 19.4. The molecule has 0 saturated carbocycles. The fraction of sp³-hybridized carbons (Fsp3) is 0.0417. The van der Waals surface area contributed by atoms with Crippen LogP contribution in [0.25, 0.3) is 17.4 Å². The van der Waals surface area contributed by atoms with Crippen molar-refractivity contribution in [1.29, 1.82) is 5.26 Å². The molecule has 0 saturated heterocycles. The Labute approximate surface area is 208 Å². The monoisotopic (exact) mass is 513 g/mol. The van der Waals surface area contributed by atoms with E-state index in [0.29, 0.717) is 43.7 Å². The Morgan fingerprint density at radius 2 is 1.85 bits per heavy atom. The van der Waals surface area contributed by atoms with Crippen molar-refractivity contribution in [3.8, 4) is 17.4 Å². The van der Waals surface area contributed by atoms with E-state index in [2.05, 4.69) is 10.3 Å². The van der Waals surface area contributed by atoms with E-state index >= 15 is 0 Å². The van der Waals surface area contributed by atoms with Gasteiger partial charge in [0.05, 0.1) is 5.02 Å². The third-order valence-electron chi connectivity index (χ3n) is 4.54. The lowest BCUT2D eigenvalue weighted by atomic mass is 10.1. The highest BCUT2D eigenvalue weighted by atomic mass is 35.5. The number of furan rings is 1. The fourth-order valence-electron chi connectivity index (χ4n) is 2.97. The van der Waals surface area contributed by atoms with Gasteiger partial charge in [-0.2, -0.15) is 5.26 Å². The first kappa shape index (κ1) is 23.1. The van der Waals surface area contributed by atoms with Gasteiger partial charge in [-0.3, -0.25) is 10.1 Å². The van der Waals surface area contributed by atoms with Crippen LogP contribution in [0.4, 0.5) is 5.13 Å². The van der Waals surface area contributed by atoms with Gasteiger partial charge >= 0.3 is 0 Å². The number of carbonyl (C=O) groups is 1. The lowest BCUT2D eigenvalue weighted by Gasteiger charge is -2.01. The molecule has 33 heavy (non-hydrogen) atoms. The minimum absolute atomic E-state index is 0.118. The van der Waals surface area contributed by atoms with Crippen molar-refractivity contribution in [2.24, 2.45) is 0 Å². The number of benzene rings is 2. The molecule has 1 amide bonds. The SMILES string of the molecule is N#C/C(=C/c1ccc(-c2ccc(Cl)cc2Cl)o1)C(=O)Nc1ncc(Cc2ccc(Cl)cc2)s1. The van der Waals surface area contributed by atoms with E-state index in [9.17, 15) is 10.1 Å². The Bertz CT molecular complexity index is 1380. The molecular formula is C24H14Cl3N3O2S. The molecule has 0 unspecified atom stereocenters. The molecular weight excluding hydrogens is 501 g/mol. The molecule has 5 nitrogen and oxygen atoms in total. The Morgan fingerprint density at radius 1 is 1.09 bits per heavy atom. The van der Waals surface area contributed by atoms with Gasteiger partial charge in [-0.15, -0.1) is 11.3 Å². The standard InChI is InChI=1S/C24H14Cl3N3O2S/c25-16-3-1-14(2-4-16)9-19-13-29-24(33-19)30-23(31)15(12-28)10-18-6-8-22(32-18)20-7-5-17(26)11-21(20)27/h1-8,10-11,13H,9H2,(H,29,30,31)/b15-10-. The van der Waals surface area contributed by atoms with Gasteiger partial charge in [0, 0.05) is 39.2 Å². The zero-order chi connectivity index (χ0) is 23.4. The topological polar surface area (TPSA) is 78.9 Å². The number of nitrogens with one attached hydrogen (secondary N) is 1. The maximum absolute atomic E-state index is 12.6. The zero-order valence-electron chi connectivity index (χ0n) is 16.8. The molecule has 0 aliphatic rings. The third-order valence-corrected chi connectivity index (χ3v) is 6.25. The highest BCUT2D eigenvalue weighted by molar-refractivity contribution is 7.15. The molecule has 164 valence electrons. The number of hydrogen-bond donors (Lipinski definition) is 1. The number of aromatic nitrogens is 1. The third kappa shape index (κ3) is 5.84. The molecule has 0 fully saturated rings. The Kier molecular flexibility index (Phi) is 7.17. The van der Waals surface area contributed by atoms with E-state index in [1.807, 2.05) is 30.3 Å². The molecule has 4 aromatic rings. The van der Waals surface area contributed by atoms with Gasteiger partial charge in [0.25, 0.3) is 5.91 Å². The molecule has 0 radical (unpaired) electrons. The predicted molar refractivity (Wildman–Crippen MR) is 133 cm³/mol. The molecule has 2 heterocycles. The quantitative estimate of drug-likeness (QED) is 0.213. The number of amides is 1. The molecule has 2 aromatic heterocycles. The van der Waals surface area contributed by atoms with Crippen LogP contribution in [-0.2, 0) is 11.2 Å². The molecule has 4 rings (SSSR count). The summed E-state index contributed by atoms with van der Waals surface area (Å²) in [5, 5.41) is 14.2. The summed E-state index contributed by atoms with van der Waals surface area (Å²) in [5.41, 5.74) is 1.61. The molecule has 0 aliphatic carbocycles. The Hall–Kier alpha value is -3.08. The van der Waals surface area contributed by atoms with E-state index < -0.39 is 5.91 Å². The maximum Gasteiger partial charge on any atom is 0.268 e. The van der Waals surface area contributed by atoms with Crippen LogP contribution in [0, 0.1) is 11.3 Å². The molecule has 0 atom stereocenters. The summed E-state index contributed by atoms with van der Waals surface area (Å²) in [6.45, 7) is 0. The van der Waals surface area contributed by atoms with Crippen molar-refractivity contribution in [3.63, 3.8) is 0 Å². The van der Waals surface area contributed by atoms with Crippen molar-refractivity contribution < 1.29 is 9.21 Å². The average molecular weight is 515 g/mol. The summed E-state index contributed by atoms with van der Waals surface area (Å²) in [6.07, 6.45) is 3.72. The van der Waals surface area contributed by atoms with Crippen LogP contribution in [0.3, 0.4) is 0 Å². The number of halogens is 3. The van der Waals surface area contributed by atoms with E-state index in [0.717, 1.165) is 10.4 Å². The van der Waals surface area contributed by atoms with Gasteiger partial charge in [0.15, 0.2) is 5.13 Å². The number of nitrogens with zero attached hydrogens (tertiary/aromatic N) is 2. The van der Waals surface area contributed by atoms with E-state index in [-0.39, 0.29) is 5.57 Å². The summed E-state index contributed by atoms with van der Waals surface area (Å²) in [6, 6.07) is 17.8. The molecule has 0 aliphatic heterocycles. The largest absolute Gasteiger partial charge is 0.457 e. The smallest absolute Gasteiger partial charge is 0.268 e. The zero-order valence-corrected chi connectivity index (χ0v) is 19.9. The van der Waals surface area contributed by atoms with Crippen LogP contribution in [0.2, 0.25) is 15.1 Å². The highest BCUT2D eigenvalue weighted by Gasteiger charge is 2.14. The van der Waals surface area contributed by atoms with E-state index in [1.165, 1.54) is 17.4 Å². The van der Waals surface area contributed by atoms with Gasteiger partial charge < -0.3 is 4.42 Å². The molecule has 1 N–H and O–H groups in total. The molecule has 2 aromatic carbocycles. The maximum atomic E-state index is 12.6. The van der Waals surface area contributed by atoms with Crippen molar-refractivity contribution in [2.75, 3.05) is 5.32 Å². The summed E-state index contributed by atoms with van der Waals surface area (Å²) in [5.74, 6) is 0.255. The minimum Gasteiger partial charge on any atom is -0.457 e. The first-order chi connectivity index (χ1) is 15.9. The number of nitriles is 1. The number of rotatable bonds is 6. The normalized spacial score (nSPS) is 11.3. The second kappa shape index (κ2) is 10.2. The lowest BCUT2D eigenvalue weighted by Crippen LogP contribution is -2.13. The number of thiazole rings is 1. The second-order valence-corrected chi connectivity index (χ2v) is 9.28. The van der Waals surface area contributed by atoms with Gasteiger partial charge in [0.2, 0.25) is 0 Å². The summed E-state index contributed by atoms with van der Waals surface area (Å²) in [7, 11) is 0. The van der Waals surface area contributed by atoms with Gasteiger partial charge in [0.1, 0.15) is 23.2 Å². The average Bonchev–Trinajstić information content (AvgIpc) is 3.43. The second-order valence-electron chi connectivity index (χ2n) is 6.89. The Balaban J connectivity index is 1.45. The first-order valence-corrected chi connectivity index (χ1v) is 11.5. The molecule has 0 bridgehead atoms. The van der Waals surface area contributed by atoms with E-state index in [4.69, 9.17) is 39.2 Å². The van der Waals surface area contributed by atoms with Gasteiger partial charge in [-0.05, 0) is 48.0 Å². The van der Waals surface area contributed by atoms with Crippen LogP contribution in [0.1, 0.15) is 16.2 Å². The van der Waals surface area contributed by atoms with Crippen LogP contribution in [0.15, 0.2) is 70.8 Å². The van der Waals surface area contributed by atoms with Crippen molar-refractivity contribution >= 4 is 63.3 Å². The van der Waals surface area contributed by atoms with Crippen LogP contribution in [0.5, 0.6) is 0 Å². The number of carbonyl (C=O) groups excluding carboxylic acids is 1. The Morgan fingerprint density at radius 3 is 2.58 bits per heavy atom. The fourth-order valence-corrected chi connectivity index (χ4v) is 4.44. The van der Waals surface area contributed by atoms with Gasteiger partial charge in [-0.25, -0.2) is 4.98 Å². The highest BCUT2D eigenvalue weighted by Crippen LogP contribution is 2.32. The lowest BCUT2D eigenvalue weighted by molar-refractivity contribution is -0.112. The van der Waals surface area contributed by atoms with Crippen molar-refractivity contribution in [2.45, 2.75) is 6.42 Å². The van der Waals surface area contributed by atoms with Crippen LogP contribution < -0.4 is 5.32 Å². The van der Waals surface area contributed by atoms with Gasteiger partial charge in [-0.1, -0.05) is 46.9 Å². The van der Waals surface area contributed by atoms with Crippen molar-refractivity contribution in [1.82, 2.24) is 4.98 Å². The number of hydrogen-bond acceptors (Lipinski definition) is 5. The summed E-state index contributed by atoms with van der Waals surface area (Å²) < 4.78 is 5.74.